The predicted molar refractivity (Wildman–Crippen MR) is 48.0 cm³/mol. The average molecular weight is 197 g/mol. The largest absolute Gasteiger partial charge is 0.471 e. The first-order valence-corrected chi connectivity index (χ1v) is 4.08. The second-order valence-electron chi connectivity index (χ2n) is 2.11. The second kappa shape index (κ2) is 6.66. The third-order valence-corrected chi connectivity index (χ3v) is 1.15. The summed E-state index contributed by atoms with van der Waals surface area (Å²) in [7, 11) is 0. The Morgan fingerprint density at radius 1 is 1.29 bits per heavy atom. The Hall–Kier alpha value is -1.83. The van der Waals surface area contributed by atoms with Gasteiger partial charge in [0.25, 0.3) is 5.70 Å². The molecule has 0 unspecified atom stereocenters. The van der Waals surface area contributed by atoms with Crippen LogP contribution in [0, 0.1) is 6.57 Å². The van der Waals surface area contributed by atoms with Gasteiger partial charge < -0.3 is 9.47 Å². The Morgan fingerprint density at radius 2 is 1.86 bits per heavy atom. The topological polar surface area (TPSA) is 57.0 Å². The van der Waals surface area contributed by atoms with Crippen molar-refractivity contribution in [3.63, 3.8) is 0 Å². The monoisotopic (exact) mass is 197 g/mol. The zero-order valence-corrected chi connectivity index (χ0v) is 8.07. The Labute approximate surface area is 82.1 Å². The number of ether oxygens (including phenoxy) is 2. The van der Waals surface area contributed by atoms with E-state index in [1.165, 1.54) is 0 Å². The summed E-state index contributed by atoms with van der Waals surface area (Å²) >= 11 is 0. The SMILES string of the molecule is [C-]#[N+]C(=CC(=O)OCC)C(=O)OCC. The van der Waals surface area contributed by atoms with Crippen molar-refractivity contribution in [2.75, 3.05) is 13.2 Å². The molecule has 0 spiro atoms. The van der Waals surface area contributed by atoms with Crippen LogP contribution in [0.1, 0.15) is 13.8 Å². The summed E-state index contributed by atoms with van der Waals surface area (Å²) in [5, 5.41) is 0. The van der Waals surface area contributed by atoms with Gasteiger partial charge in [-0.05, 0) is 13.8 Å². The molecule has 5 nitrogen and oxygen atoms in total. The summed E-state index contributed by atoms with van der Waals surface area (Å²) < 4.78 is 9.08. The molecule has 0 fully saturated rings. The van der Waals surface area contributed by atoms with Crippen LogP contribution in [0.5, 0.6) is 0 Å². The van der Waals surface area contributed by atoms with Gasteiger partial charge in [-0.1, -0.05) is 0 Å². The van der Waals surface area contributed by atoms with Gasteiger partial charge in [0.15, 0.2) is 0 Å². The molecule has 0 saturated heterocycles. The van der Waals surface area contributed by atoms with Crippen LogP contribution in [0.25, 0.3) is 4.85 Å². The zero-order chi connectivity index (χ0) is 11.0. The fourth-order valence-corrected chi connectivity index (χ4v) is 0.637. The van der Waals surface area contributed by atoms with E-state index < -0.39 is 11.9 Å². The third kappa shape index (κ3) is 4.26. The molecule has 0 aliphatic carbocycles. The summed E-state index contributed by atoms with van der Waals surface area (Å²) in [4.78, 5) is 24.7. The molecule has 0 bridgehead atoms. The molecule has 0 aromatic heterocycles. The number of nitrogens with zero attached hydrogens (tertiary/aromatic N) is 1. The maximum Gasteiger partial charge on any atom is 0.336 e. The summed E-state index contributed by atoms with van der Waals surface area (Å²) in [5.74, 6) is -1.53. The number of carbonyl (C=O) groups is 2. The van der Waals surface area contributed by atoms with Crippen molar-refractivity contribution in [2.24, 2.45) is 0 Å². The average Bonchev–Trinajstić information content (AvgIpc) is 2.15. The summed E-state index contributed by atoms with van der Waals surface area (Å²) in [6.45, 7) is 10.2. The minimum absolute atomic E-state index is 0.161. The van der Waals surface area contributed by atoms with Crippen LogP contribution in [0.4, 0.5) is 0 Å². The fourth-order valence-electron chi connectivity index (χ4n) is 0.637. The van der Waals surface area contributed by atoms with E-state index in [2.05, 4.69) is 14.3 Å². The molecule has 0 heterocycles. The van der Waals surface area contributed by atoms with Crippen LogP contribution >= 0.6 is 0 Å². The fraction of sp³-hybridized carbons (Fsp3) is 0.444. The predicted octanol–water partition coefficient (Wildman–Crippen LogP) is 0.916. The third-order valence-electron chi connectivity index (χ3n) is 1.15. The lowest BCUT2D eigenvalue weighted by Crippen LogP contribution is -2.08. The van der Waals surface area contributed by atoms with Gasteiger partial charge in [0.05, 0.1) is 19.8 Å². The van der Waals surface area contributed by atoms with Crippen LogP contribution in [0.3, 0.4) is 0 Å². The summed E-state index contributed by atoms with van der Waals surface area (Å²) in [5.41, 5.74) is -0.370. The van der Waals surface area contributed by atoms with Crippen LogP contribution in [0.15, 0.2) is 11.8 Å². The smallest absolute Gasteiger partial charge is 0.336 e. The van der Waals surface area contributed by atoms with Crippen molar-refractivity contribution in [1.29, 1.82) is 0 Å². The van der Waals surface area contributed by atoms with Gasteiger partial charge in [-0.2, -0.15) is 0 Å². The molecule has 0 aliphatic heterocycles. The van der Waals surface area contributed by atoms with Crippen LogP contribution in [-0.4, -0.2) is 25.2 Å². The van der Waals surface area contributed by atoms with Gasteiger partial charge in [0.2, 0.25) is 0 Å². The van der Waals surface area contributed by atoms with Crippen LogP contribution in [0.2, 0.25) is 0 Å². The van der Waals surface area contributed by atoms with Gasteiger partial charge in [0, 0.05) is 6.08 Å². The molecule has 0 saturated carbocycles. The molecule has 0 aromatic carbocycles. The quantitative estimate of drug-likeness (QED) is 0.382. The van der Waals surface area contributed by atoms with E-state index >= 15 is 0 Å². The molecule has 0 radical (unpaired) electrons. The highest BCUT2D eigenvalue weighted by Crippen LogP contribution is 2.00. The van der Waals surface area contributed by atoms with Crippen molar-refractivity contribution in [3.8, 4) is 0 Å². The lowest BCUT2D eigenvalue weighted by molar-refractivity contribution is -0.140. The maximum absolute atomic E-state index is 11.0. The highest BCUT2D eigenvalue weighted by Gasteiger charge is 2.12. The molecule has 0 aliphatic rings. The van der Waals surface area contributed by atoms with Crippen molar-refractivity contribution in [3.05, 3.63) is 23.2 Å². The van der Waals surface area contributed by atoms with E-state index in [0.29, 0.717) is 0 Å². The van der Waals surface area contributed by atoms with Gasteiger partial charge in [0.1, 0.15) is 0 Å². The normalized spacial score (nSPS) is 10.2. The number of hydrogen-bond acceptors (Lipinski definition) is 4. The maximum atomic E-state index is 11.0. The van der Waals surface area contributed by atoms with Crippen LogP contribution < -0.4 is 0 Å². The Kier molecular flexibility index (Phi) is 5.79. The first kappa shape index (κ1) is 12.2. The van der Waals surface area contributed by atoms with Gasteiger partial charge in [-0.15, -0.1) is 0 Å². The van der Waals surface area contributed by atoms with E-state index in [1.54, 1.807) is 13.8 Å². The molecule has 0 amide bonds. The van der Waals surface area contributed by atoms with Crippen LogP contribution in [-0.2, 0) is 19.1 Å². The highest BCUT2D eigenvalue weighted by molar-refractivity contribution is 5.97. The number of hydrogen-bond donors (Lipinski definition) is 0. The van der Waals surface area contributed by atoms with Crippen molar-refractivity contribution in [1.82, 2.24) is 0 Å². The minimum Gasteiger partial charge on any atom is -0.471 e. The van der Waals surface area contributed by atoms with Crippen molar-refractivity contribution < 1.29 is 19.1 Å². The van der Waals surface area contributed by atoms with Gasteiger partial charge in [-0.25, -0.2) is 9.64 Å². The number of rotatable bonds is 4. The van der Waals surface area contributed by atoms with E-state index in [0.717, 1.165) is 6.08 Å². The standard InChI is InChI=1S/C9H11NO4/c1-4-13-8(11)6-7(10-3)9(12)14-5-2/h6H,4-5H2,1-2H3. The zero-order valence-electron chi connectivity index (χ0n) is 8.07. The molecule has 5 heteroatoms. The van der Waals surface area contributed by atoms with E-state index in [-0.39, 0.29) is 18.9 Å². The Bertz CT molecular complexity index is 288. The lowest BCUT2D eigenvalue weighted by Gasteiger charge is -1.99. The van der Waals surface area contributed by atoms with E-state index in [9.17, 15) is 9.59 Å². The molecule has 76 valence electrons. The Balaban J connectivity index is 4.48. The molecule has 0 rings (SSSR count). The Morgan fingerprint density at radius 3 is 2.29 bits per heavy atom. The van der Waals surface area contributed by atoms with E-state index in [4.69, 9.17) is 6.57 Å². The summed E-state index contributed by atoms with van der Waals surface area (Å²) in [6.07, 6.45) is 0.828. The van der Waals surface area contributed by atoms with Gasteiger partial charge in [-0.3, -0.25) is 4.79 Å². The molecular formula is C9H11NO4. The number of carbonyl (C=O) groups excluding carboxylic acids is 2. The first-order valence-electron chi connectivity index (χ1n) is 4.08. The first-order chi connectivity index (χ1) is 6.65. The molecule has 0 aromatic rings. The minimum atomic E-state index is -0.810. The molecular weight excluding hydrogens is 186 g/mol. The van der Waals surface area contributed by atoms with E-state index in [1.807, 2.05) is 0 Å². The lowest BCUT2D eigenvalue weighted by atomic mass is 10.4. The van der Waals surface area contributed by atoms with Gasteiger partial charge >= 0.3 is 11.9 Å². The molecule has 0 atom stereocenters. The molecule has 14 heavy (non-hydrogen) atoms. The van der Waals surface area contributed by atoms with Crippen molar-refractivity contribution >= 4 is 11.9 Å². The molecule has 0 N–H and O–H groups in total. The summed E-state index contributed by atoms with van der Waals surface area (Å²) in [6, 6.07) is 0. The number of esters is 2. The highest BCUT2D eigenvalue weighted by atomic mass is 16.5. The van der Waals surface area contributed by atoms with Crippen molar-refractivity contribution in [2.45, 2.75) is 13.8 Å². The second-order valence-corrected chi connectivity index (χ2v) is 2.11.